The fourth-order valence-electron chi connectivity index (χ4n) is 0.600. The van der Waals surface area contributed by atoms with Crippen LogP contribution >= 0.6 is 0 Å². The third-order valence-corrected chi connectivity index (χ3v) is 1.50. The second-order valence-electron chi connectivity index (χ2n) is 3.25. The molecule has 1 atom stereocenters. The Bertz CT molecular complexity index is 151. The Kier molecular flexibility index (Phi) is 4.20. The highest BCUT2D eigenvalue weighted by Crippen LogP contribution is 2.09. The second kappa shape index (κ2) is 4.42. The van der Waals surface area contributed by atoms with Crippen LogP contribution in [0.4, 0.5) is 0 Å². The Balaban J connectivity index is 3.69. The number of rotatable bonds is 5. The molecule has 12 heavy (non-hydrogen) atoms. The Morgan fingerprint density at radius 3 is 2.42 bits per heavy atom. The van der Waals surface area contributed by atoms with Crippen LogP contribution in [-0.4, -0.2) is 34.5 Å². The average molecular weight is 176 g/mol. The van der Waals surface area contributed by atoms with Gasteiger partial charge in [-0.3, -0.25) is 0 Å². The van der Waals surface area contributed by atoms with Crippen LogP contribution in [0.3, 0.4) is 0 Å². The summed E-state index contributed by atoms with van der Waals surface area (Å²) in [5.41, 5.74) is -1.67. The summed E-state index contributed by atoms with van der Waals surface area (Å²) < 4.78 is 5.10. The summed E-state index contributed by atoms with van der Waals surface area (Å²) in [5, 5.41) is 17.7. The maximum absolute atomic E-state index is 10.4. The molecule has 72 valence electrons. The van der Waals surface area contributed by atoms with Gasteiger partial charge in [0.15, 0.2) is 5.60 Å². The quantitative estimate of drug-likeness (QED) is 0.645. The van der Waals surface area contributed by atoms with Crippen LogP contribution in [-0.2, 0) is 9.53 Å². The van der Waals surface area contributed by atoms with Crippen LogP contribution in [0, 0.1) is 0 Å². The van der Waals surface area contributed by atoms with E-state index < -0.39 is 11.6 Å². The Morgan fingerprint density at radius 2 is 2.08 bits per heavy atom. The van der Waals surface area contributed by atoms with E-state index in [-0.39, 0.29) is 19.1 Å². The van der Waals surface area contributed by atoms with Crippen molar-refractivity contribution in [2.75, 3.05) is 6.61 Å². The molecule has 0 aromatic heterocycles. The van der Waals surface area contributed by atoms with Gasteiger partial charge < -0.3 is 14.9 Å². The number of hydrogen-bond acceptors (Lipinski definition) is 3. The first-order valence-corrected chi connectivity index (χ1v) is 3.93. The Hall–Kier alpha value is -0.610. The number of aliphatic hydroxyl groups is 1. The van der Waals surface area contributed by atoms with Gasteiger partial charge in [0.05, 0.1) is 12.7 Å². The molecular weight excluding hydrogens is 160 g/mol. The minimum Gasteiger partial charge on any atom is -0.479 e. The van der Waals surface area contributed by atoms with Gasteiger partial charge in [-0.1, -0.05) is 0 Å². The van der Waals surface area contributed by atoms with Gasteiger partial charge in [0.2, 0.25) is 0 Å². The molecule has 0 unspecified atom stereocenters. The number of carboxylic acids is 1. The van der Waals surface area contributed by atoms with E-state index in [2.05, 4.69) is 0 Å². The molecule has 4 nitrogen and oxygen atoms in total. The van der Waals surface area contributed by atoms with E-state index in [0.717, 1.165) is 0 Å². The van der Waals surface area contributed by atoms with E-state index in [1.54, 1.807) is 0 Å². The first-order valence-electron chi connectivity index (χ1n) is 3.93. The molecule has 0 rings (SSSR count). The fourth-order valence-corrected chi connectivity index (χ4v) is 0.600. The summed E-state index contributed by atoms with van der Waals surface area (Å²) in [6, 6.07) is 0. The number of ether oxygens (including phenoxy) is 1. The number of aliphatic carboxylic acids is 1. The lowest BCUT2D eigenvalue weighted by Gasteiger charge is -2.18. The smallest absolute Gasteiger partial charge is 0.335 e. The molecule has 0 heterocycles. The molecule has 0 aromatic carbocycles. The summed E-state index contributed by atoms with van der Waals surface area (Å²) in [4.78, 5) is 10.4. The first-order chi connectivity index (χ1) is 5.36. The standard InChI is InChI=1S/C8H16O4/c1-6(2)12-5-4-8(3,11)7(9)10/h6,11H,4-5H2,1-3H3,(H,9,10)/t8-/m0/s1. The Labute approximate surface area is 72.2 Å². The average Bonchev–Trinajstić information content (AvgIpc) is 1.85. The summed E-state index contributed by atoms with van der Waals surface area (Å²) in [7, 11) is 0. The van der Waals surface area contributed by atoms with Crippen molar-refractivity contribution in [3.05, 3.63) is 0 Å². The van der Waals surface area contributed by atoms with E-state index in [1.165, 1.54) is 6.92 Å². The molecule has 2 N–H and O–H groups in total. The maximum atomic E-state index is 10.4. The zero-order valence-corrected chi connectivity index (χ0v) is 7.70. The van der Waals surface area contributed by atoms with Crippen molar-refractivity contribution in [1.82, 2.24) is 0 Å². The van der Waals surface area contributed by atoms with Gasteiger partial charge in [-0.2, -0.15) is 0 Å². The largest absolute Gasteiger partial charge is 0.479 e. The first kappa shape index (κ1) is 11.4. The molecule has 0 bridgehead atoms. The van der Waals surface area contributed by atoms with Crippen molar-refractivity contribution < 1.29 is 19.7 Å². The zero-order valence-electron chi connectivity index (χ0n) is 7.70. The summed E-state index contributed by atoms with van der Waals surface area (Å²) in [6.07, 6.45) is 0.176. The zero-order chi connectivity index (χ0) is 9.78. The van der Waals surface area contributed by atoms with E-state index in [0.29, 0.717) is 0 Å². The van der Waals surface area contributed by atoms with Gasteiger partial charge in [0.25, 0.3) is 0 Å². The molecule has 0 saturated heterocycles. The number of carbonyl (C=O) groups is 1. The van der Waals surface area contributed by atoms with Crippen LogP contribution in [0.1, 0.15) is 27.2 Å². The number of carboxylic acid groups (broad SMARTS) is 1. The molecule has 0 aliphatic carbocycles. The van der Waals surface area contributed by atoms with Crippen molar-refractivity contribution in [2.24, 2.45) is 0 Å². The lowest BCUT2D eigenvalue weighted by atomic mass is 10.0. The molecule has 0 saturated carbocycles. The molecular formula is C8H16O4. The third kappa shape index (κ3) is 4.31. The van der Waals surface area contributed by atoms with E-state index in [4.69, 9.17) is 9.84 Å². The van der Waals surface area contributed by atoms with E-state index in [9.17, 15) is 9.90 Å². The summed E-state index contributed by atoms with van der Waals surface area (Å²) >= 11 is 0. The van der Waals surface area contributed by atoms with Crippen molar-refractivity contribution in [2.45, 2.75) is 38.9 Å². The van der Waals surface area contributed by atoms with Crippen LogP contribution < -0.4 is 0 Å². The van der Waals surface area contributed by atoms with Crippen molar-refractivity contribution in [3.63, 3.8) is 0 Å². The fraction of sp³-hybridized carbons (Fsp3) is 0.875. The summed E-state index contributed by atoms with van der Waals surface area (Å²) in [6.45, 7) is 5.24. The lowest BCUT2D eigenvalue weighted by molar-refractivity contribution is -0.158. The normalized spacial score (nSPS) is 16.1. The number of hydrogen-bond donors (Lipinski definition) is 2. The maximum Gasteiger partial charge on any atom is 0.335 e. The van der Waals surface area contributed by atoms with Crippen molar-refractivity contribution in [1.29, 1.82) is 0 Å². The second-order valence-corrected chi connectivity index (χ2v) is 3.25. The minimum absolute atomic E-state index is 0.0644. The van der Waals surface area contributed by atoms with Crippen LogP contribution in [0.25, 0.3) is 0 Å². The van der Waals surface area contributed by atoms with Crippen LogP contribution in [0.2, 0.25) is 0 Å². The van der Waals surface area contributed by atoms with E-state index in [1.807, 2.05) is 13.8 Å². The molecule has 0 aromatic rings. The van der Waals surface area contributed by atoms with Crippen molar-refractivity contribution >= 4 is 5.97 Å². The monoisotopic (exact) mass is 176 g/mol. The van der Waals surface area contributed by atoms with Crippen molar-refractivity contribution in [3.8, 4) is 0 Å². The molecule has 0 amide bonds. The Morgan fingerprint density at radius 1 is 1.58 bits per heavy atom. The lowest BCUT2D eigenvalue weighted by Crippen LogP contribution is -2.36. The topological polar surface area (TPSA) is 66.8 Å². The van der Waals surface area contributed by atoms with Crippen LogP contribution in [0.15, 0.2) is 0 Å². The molecule has 0 radical (unpaired) electrons. The van der Waals surface area contributed by atoms with Gasteiger partial charge in [-0.25, -0.2) is 4.79 Å². The molecule has 0 aliphatic rings. The highest BCUT2D eigenvalue weighted by Gasteiger charge is 2.29. The predicted molar refractivity (Wildman–Crippen MR) is 44.0 cm³/mol. The molecule has 0 spiro atoms. The van der Waals surface area contributed by atoms with Gasteiger partial charge in [-0.05, 0) is 20.8 Å². The third-order valence-electron chi connectivity index (χ3n) is 1.50. The van der Waals surface area contributed by atoms with Crippen LogP contribution in [0.5, 0.6) is 0 Å². The molecule has 0 aliphatic heterocycles. The summed E-state index contributed by atoms with van der Waals surface area (Å²) in [5.74, 6) is -1.21. The highest BCUT2D eigenvalue weighted by molar-refractivity contribution is 5.76. The SMILES string of the molecule is CC(C)OCC[C@](C)(O)C(=O)O. The molecule has 0 fully saturated rings. The van der Waals surface area contributed by atoms with Gasteiger partial charge in [0, 0.05) is 6.42 Å². The predicted octanol–water partition coefficient (Wildman–Crippen LogP) is 0.637. The molecule has 4 heteroatoms. The van der Waals surface area contributed by atoms with Gasteiger partial charge in [0.1, 0.15) is 0 Å². The highest BCUT2D eigenvalue weighted by atomic mass is 16.5. The minimum atomic E-state index is -1.67. The van der Waals surface area contributed by atoms with E-state index >= 15 is 0 Å². The van der Waals surface area contributed by atoms with Gasteiger partial charge >= 0.3 is 5.97 Å². The van der Waals surface area contributed by atoms with Gasteiger partial charge in [-0.15, -0.1) is 0 Å².